The first kappa shape index (κ1) is 15.1. The summed E-state index contributed by atoms with van der Waals surface area (Å²) in [6.07, 6.45) is 0. The molecule has 0 aromatic heterocycles. The highest BCUT2D eigenvalue weighted by Crippen LogP contribution is 2.01. The van der Waals surface area contributed by atoms with Crippen molar-refractivity contribution in [1.82, 2.24) is 15.4 Å². The normalized spacial score (nSPS) is 11.7. The number of nitrogens with zero attached hydrogens (tertiary/aromatic N) is 2. The van der Waals surface area contributed by atoms with Crippen molar-refractivity contribution in [2.24, 2.45) is 11.8 Å². The van der Waals surface area contributed by atoms with Crippen LogP contribution in [-0.4, -0.2) is 36.7 Å². The molecule has 0 atom stereocenters. The lowest BCUT2D eigenvalue weighted by Crippen LogP contribution is -2.44. The Morgan fingerprint density at radius 1 is 1.17 bits per heavy atom. The number of hydrogen-bond acceptors (Lipinski definition) is 4. The zero-order valence-corrected chi connectivity index (χ0v) is 11.8. The molecular weight excluding hydrogens is 224 g/mol. The minimum atomic E-state index is 0.651. The number of nitrogens with one attached hydrogen (secondary N) is 1. The Morgan fingerprint density at radius 2 is 1.83 bits per heavy atom. The Hall–Kier alpha value is -0.940. The second kappa shape index (κ2) is 8.21. The van der Waals surface area contributed by atoms with E-state index in [4.69, 9.17) is 5.84 Å². The fourth-order valence-electron chi connectivity index (χ4n) is 1.88. The summed E-state index contributed by atoms with van der Waals surface area (Å²) in [5.74, 6) is 6.67. The van der Waals surface area contributed by atoms with Crippen molar-refractivity contribution in [3.8, 4) is 0 Å². The molecule has 1 rings (SSSR count). The molecule has 1 aromatic carbocycles. The monoisotopic (exact) mass is 250 g/mol. The first-order chi connectivity index (χ1) is 8.61. The standard InChI is InChI=1S/C14H26N4/c1-13(2)11-18(16-3)10-9-17(15)12-14-7-5-4-6-8-14/h4-8,13,16H,9-12,15H2,1-3H3. The summed E-state index contributed by atoms with van der Waals surface area (Å²) in [5, 5.41) is 4.06. The minimum Gasteiger partial charge on any atom is -0.268 e. The van der Waals surface area contributed by atoms with E-state index < -0.39 is 0 Å². The van der Waals surface area contributed by atoms with Gasteiger partial charge in [-0.3, -0.25) is 11.3 Å². The van der Waals surface area contributed by atoms with E-state index >= 15 is 0 Å². The summed E-state index contributed by atoms with van der Waals surface area (Å²) in [4.78, 5) is 0. The molecule has 0 radical (unpaired) electrons. The first-order valence-electron chi connectivity index (χ1n) is 6.57. The van der Waals surface area contributed by atoms with Gasteiger partial charge in [-0.2, -0.15) is 0 Å². The molecule has 0 aliphatic rings. The average Bonchev–Trinajstić information content (AvgIpc) is 2.35. The SMILES string of the molecule is CNN(CCN(N)Cc1ccccc1)CC(C)C. The predicted molar refractivity (Wildman–Crippen MR) is 76.5 cm³/mol. The van der Waals surface area contributed by atoms with E-state index in [2.05, 4.69) is 36.4 Å². The molecular formula is C14H26N4. The van der Waals surface area contributed by atoms with Gasteiger partial charge in [0, 0.05) is 26.2 Å². The van der Waals surface area contributed by atoms with E-state index in [1.54, 1.807) is 0 Å². The molecule has 0 heterocycles. The van der Waals surface area contributed by atoms with Crippen LogP contribution in [-0.2, 0) is 6.54 Å². The first-order valence-corrected chi connectivity index (χ1v) is 6.57. The summed E-state index contributed by atoms with van der Waals surface area (Å²) in [6.45, 7) is 8.04. The molecule has 0 aliphatic carbocycles. The van der Waals surface area contributed by atoms with Crippen molar-refractivity contribution in [2.45, 2.75) is 20.4 Å². The van der Waals surface area contributed by atoms with Crippen LogP contribution in [0.2, 0.25) is 0 Å². The fraction of sp³-hybridized carbons (Fsp3) is 0.571. The maximum Gasteiger partial charge on any atom is 0.0379 e. The summed E-state index contributed by atoms with van der Waals surface area (Å²) in [6, 6.07) is 10.3. The number of hydrazine groups is 2. The second-order valence-corrected chi connectivity index (χ2v) is 5.02. The lowest BCUT2D eigenvalue weighted by Gasteiger charge is -2.25. The van der Waals surface area contributed by atoms with Gasteiger partial charge in [0.25, 0.3) is 0 Å². The lowest BCUT2D eigenvalue weighted by atomic mass is 10.2. The third-order valence-electron chi connectivity index (χ3n) is 2.79. The largest absolute Gasteiger partial charge is 0.268 e. The smallest absolute Gasteiger partial charge is 0.0379 e. The number of rotatable bonds is 8. The van der Waals surface area contributed by atoms with Crippen LogP contribution in [0, 0.1) is 5.92 Å². The number of hydrogen-bond donors (Lipinski definition) is 2. The summed E-state index contributed by atoms with van der Waals surface area (Å²) in [7, 11) is 1.96. The second-order valence-electron chi connectivity index (χ2n) is 5.02. The van der Waals surface area contributed by atoms with Gasteiger partial charge in [-0.25, -0.2) is 10.0 Å². The molecule has 0 spiro atoms. The van der Waals surface area contributed by atoms with Gasteiger partial charge in [0.15, 0.2) is 0 Å². The molecule has 3 N–H and O–H groups in total. The molecule has 0 saturated carbocycles. The van der Waals surface area contributed by atoms with Gasteiger partial charge >= 0.3 is 0 Å². The zero-order valence-electron chi connectivity index (χ0n) is 11.8. The van der Waals surface area contributed by atoms with Crippen molar-refractivity contribution in [1.29, 1.82) is 0 Å². The molecule has 0 amide bonds. The molecule has 1 aromatic rings. The molecule has 0 aliphatic heterocycles. The number of benzene rings is 1. The number of nitrogens with two attached hydrogens (primary N) is 1. The molecule has 0 fully saturated rings. The highest BCUT2D eigenvalue weighted by molar-refractivity contribution is 5.14. The van der Waals surface area contributed by atoms with E-state index in [1.165, 1.54) is 5.56 Å². The lowest BCUT2D eigenvalue weighted by molar-refractivity contribution is 0.148. The molecule has 0 saturated heterocycles. The predicted octanol–water partition coefficient (Wildman–Crippen LogP) is 1.45. The Labute approximate surface area is 111 Å². The van der Waals surface area contributed by atoms with Crippen LogP contribution in [0.15, 0.2) is 30.3 Å². The molecule has 4 nitrogen and oxygen atoms in total. The Bertz CT molecular complexity index is 313. The van der Waals surface area contributed by atoms with Gasteiger partial charge in [0.2, 0.25) is 0 Å². The summed E-state index contributed by atoms with van der Waals surface area (Å²) < 4.78 is 0. The molecule has 18 heavy (non-hydrogen) atoms. The topological polar surface area (TPSA) is 44.5 Å². The van der Waals surface area contributed by atoms with Crippen molar-refractivity contribution in [3.05, 3.63) is 35.9 Å². The van der Waals surface area contributed by atoms with Crippen molar-refractivity contribution < 1.29 is 0 Å². The van der Waals surface area contributed by atoms with Crippen LogP contribution in [0.3, 0.4) is 0 Å². The maximum atomic E-state index is 6.02. The molecule has 0 bridgehead atoms. The molecule has 0 unspecified atom stereocenters. The van der Waals surface area contributed by atoms with Gasteiger partial charge < -0.3 is 0 Å². The van der Waals surface area contributed by atoms with Crippen LogP contribution >= 0.6 is 0 Å². The third kappa shape index (κ3) is 6.12. The Kier molecular flexibility index (Phi) is 6.90. The van der Waals surface area contributed by atoms with Crippen LogP contribution in [0.5, 0.6) is 0 Å². The molecule has 4 heteroatoms. The Balaban J connectivity index is 2.29. The van der Waals surface area contributed by atoms with E-state index in [0.717, 1.165) is 26.2 Å². The highest BCUT2D eigenvalue weighted by Gasteiger charge is 2.07. The van der Waals surface area contributed by atoms with Crippen molar-refractivity contribution >= 4 is 0 Å². The average molecular weight is 250 g/mol. The van der Waals surface area contributed by atoms with Crippen molar-refractivity contribution in [3.63, 3.8) is 0 Å². The fourth-order valence-corrected chi connectivity index (χ4v) is 1.88. The van der Waals surface area contributed by atoms with Gasteiger partial charge in [-0.05, 0) is 18.5 Å². The molecule has 102 valence electrons. The van der Waals surface area contributed by atoms with E-state index in [-0.39, 0.29) is 0 Å². The quantitative estimate of drug-likeness (QED) is 0.541. The van der Waals surface area contributed by atoms with Gasteiger partial charge in [-0.1, -0.05) is 44.2 Å². The highest BCUT2D eigenvalue weighted by atomic mass is 15.5. The Morgan fingerprint density at radius 3 is 2.39 bits per heavy atom. The zero-order chi connectivity index (χ0) is 13.4. The van der Waals surface area contributed by atoms with E-state index in [9.17, 15) is 0 Å². The summed E-state index contributed by atoms with van der Waals surface area (Å²) >= 11 is 0. The third-order valence-corrected chi connectivity index (χ3v) is 2.79. The summed E-state index contributed by atoms with van der Waals surface area (Å²) in [5.41, 5.74) is 4.45. The van der Waals surface area contributed by atoms with Gasteiger partial charge in [0.1, 0.15) is 0 Å². The van der Waals surface area contributed by atoms with Gasteiger partial charge in [-0.15, -0.1) is 0 Å². The van der Waals surface area contributed by atoms with Crippen molar-refractivity contribution in [2.75, 3.05) is 26.7 Å². The van der Waals surface area contributed by atoms with Gasteiger partial charge in [0.05, 0.1) is 0 Å². The van der Waals surface area contributed by atoms with Crippen LogP contribution in [0.25, 0.3) is 0 Å². The maximum absolute atomic E-state index is 6.02. The van der Waals surface area contributed by atoms with E-state index in [0.29, 0.717) is 5.92 Å². The van der Waals surface area contributed by atoms with Crippen LogP contribution in [0.4, 0.5) is 0 Å². The van der Waals surface area contributed by atoms with E-state index in [1.807, 2.05) is 30.3 Å². The minimum absolute atomic E-state index is 0.651. The van der Waals surface area contributed by atoms with Crippen LogP contribution in [0.1, 0.15) is 19.4 Å². The van der Waals surface area contributed by atoms with Crippen LogP contribution < -0.4 is 11.3 Å².